The average molecular weight is 266 g/mol. The van der Waals surface area contributed by atoms with Crippen LogP contribution in [0, 0.1) is 5.92 Å². The van der Waals surface area contributed by atoms with Crippen molar-refractivity contribution in [1.29, 1.82) is 0 Å². The molecule has 0 amide bonds. The maximum atomic E-state index is 5.76. The molecule has 0 saturated heterocycles. The summed E-state index contributed by atoms with van der Waals surface area (Å²) >= 11 is 0. The highest BCUT2D eigenvalue weighted by Crippen LogP contribution is 2.15. The SMILES string of the molecule is CCCCC(CC)CNc1cc(N)nc(COC)n1. The molecule has 0 aliphatic carbocycles. The standard InChI is InChI=1S/C14H26N4O/c1-4-6-7-11(5-2)9-16-13-8-12(15)17-14(18-13)10-19-3/h8,11H,4-7,9-10H2,1-3H3,(H3,15,16,17,18). The molecule has 5 heteroatoms. The molecule has 0 fully saturated rings. The Morgan fingerprint density at radius 2 is 2.16 bits per heavy atom. The second-order valence-corrected chi connectivity index (χ2v) is 4.82. The van der Waals surface area contributed by atoms with Crippen LogP contribution in [0.2, 0.25) is 0 Å². The number of hydrogen-bond donors (Lipinski definition) is 2. The van der Waals surface area contributed by atoms with Crippen molar-refractivity contribution in [2.45, 2.75) is 46.1 Å². The van der Waals surface area contributed by atoms with Gasteiger partial charge in [0.05, 0.1) is 0 Å². The van der Waals surface area contributed by atoms with Gasteiger partial charge in [0.1, 0.15) is 18.2 Å². The van der Waals surface area contributed by atoms with Gasteiger partial charge in [0.25, 0.3) is 0 Å². The van der Waals surface area contributed by atoms with Gasteiger partial charge in [-0.1, -0.05) is 33.1 Å². The van der Waals surface area contributed by atoms with E-state index in [9.17, 15) is 0 Å². The van der Waals surface area contributed by atoms with Crippen molar-refractivity contribution < 1.29 is 4.74 Å². The van der Waals surface area contributed by atoms with Gasteiger partial charge in [0.15, 0.2) is 5.82 Å². The van der Waals surface area contributed by atoms with E-state index in [1.165, 1.54) is 25.7 Å². The second kappa shape index (κ2) is 8.69. The number of nitrogen functional groups attached to an aromatic ring is 1. The lowest BCUT2D eigenvalue weighted by Crippen LogP contribution is -2.15. The number of nitrogens with one attached hydrogen (secondary N) is 1. The molecule has 1 atom stereocenters. The summed E-state index contributed by atoms with van der Waals surface area (Å²) in [6.07, 6.45) is 4.96. The lowest BCUT2D eigenvalue weighted by Gasteiger charge is -2.16. The van der Waals surface area contributed by atoms with Gasteiger partial charge in [-0.25, -0.2) is 9.97 Å². The third-order valence-electron chi connectivity index (χ3n) is 3.18. The topological polar surface area (TPSA) is 73.1 Å². The van der Waals surface area contributed by atoms with Crippen molar-refractivity contribution in [2.75, 3.05) is 24.7 Å². The molecule has 0 bridgehead atoms. The van der Waals surface area contributed by atoms with Gasteiger partial charge in [-0.2, -0.15) is 0 Å². The van der Waals surface area contributed by atoms with E-state index in [0.29, 0.717) is 24.2 Å². The van der Waals surface area contributed by atoms with Gasteiger partial charge in [0.2, 0.25) is 0 Å². The van der Waals surface area contributed by atoms with Gasteiger partial charge < -0.3 is 15.8 Å². The second-order valence-electron chi connectivity index (χ2n) is 4.82. The fourth-order valence-corrected chi connectivity index (χ4v) is 1.99. The molecule has 0 radical (unpaired) electrons. The molecule has 1 heterocycles. The first kappa shape index (κ1) is 15.7. The highest BCUT2D eigenvalue weighted by Gasteiger charge is 2.07. The van der Waals surface area contributed by atoms with E-state index in [0.717, 1.165) is 12.4 Å². The van der Waals surface area contributed by atoms with Gasteiger partial charge in [-0.3, -0.25) is 0 Å². The van der Waals surface area contributed by atoms with Crippen LogP contribution in [-0.2, 0) is 11.3 Å². The molecule has 19 heavy (non-hydrogen) atoms. The molecule has 108 valence electrons. The third-order valence-corrected chi connectivity index (χ3v) is 3.18. The Bertz CT molecular complexity index is 370. The highest BCUT2D eigenvalue weighted by molar-refractivity contribution is 5.44. The first-order chi connectivity index (χ1) is 9.19. The van der Waals surface area contributed by atoms with Crippen molar-refractivity contribution in [2.24, 2.45) is 5.92 Å². The van der Waals surface area contributed by atoms with Crippen LogP contribution in [0.25, 0.3) is 0 Å². The number of unbranched alkanes of at least 4 members (excludes halogenated alkanes) is 1. The van der Waals surface area contributed by atoms with Crippen molar-refractivity contribution >= 4 is 11.6 Å². The zero-order valence-corrected chi connectivity index (χ0v) is 12.3. The van der Waals surface area contributed by atoms with E-state index in [4.69, 9.17) is 10.5 Å². The van der Waals surface area contributed by atoms with Crippen LogP contribution in [0.5, 0.6) is 0 Å². The molecule has 0 spiro atoms. The number of anilines is 2. The first-order valence-electron chi connectivity index (χ1n) is 7.05. The Labute approximate surface area is 116 Å². The lowest BCUT2D eigenvalue weighted by atomic mass is 9.99. The third kappa shape index (κ3) is 5.87. The average Bonchev–Trinajstić information content (AvgIpc) is 2.39. The monoisotopic (exact) mass is 266 g/mol. The maximum Gasteiger partial charge on any atom is 0.158 e. The van der Waals surface area contributed by atoms with Crippen LogP contribution in [0.15, 0.2) is 6.07 Å². The summed E-state index contributed by atoms with van der Waals surface area (Å²) in [6, 6.07) is 1.77. The number of ether oxygens (including phenoxy) is 1. The summed E-state index contributed by atoms with van der Waals surface area (Å²) in [5.41, 5.74) is 5.76. The number of nitrogens with two attached hydrogens (primary N) is 1. The molecular weight excluding hydrogens is 240 g/mol. The highest BCUT2D eigenvalue weighted by atomic mass is 16.5. The summed E-state index contributed by atoms with van der Waals surface area (Å²) in [6.45, 7) is 5.77. The maximum absolute atomic E-state index is 5.76. The van der Waals surface area contributed by atoms with Gasteiger partial charge >= 0.3 is 0 Å². The Morgan fingerprint density at radius 3 is 2.79 bits per heavy atom. The molecule has 1 aromatic rings. The Balaban J connectivity index is 2.55. The summed E-state index contributed by atoms with van der Waals surface area (Å²) in [7, 11) is 1.62. The summed E-state index contributed by atoms with van der Waals surface area (Å²) in [4.78, 5) is 8.50. The Morgan fingerprint density at radius 1 is 1.37 bits per heavy atom. The fourth-order valence-electron chi connectivity index (χ4n) is 1.99. The van der Waals surface area contributed by atoms with Crippen LogP contribution < -0.4 is 11.1 Å². The molecule has 3 N–H and O–H groups in total. The Kier molecular flexibility index (Phi) is 7.18. The molecule has 0 aliphatic rings. The number of nitrogens with zero attached hydrogens (tertiary/aromatic N) is 2. The largest absolute Gasteiger partial charge is 0.384 e. The Hall–Kier alpha value is -1.36. The van der Waals surface area contributed by atoms with Crippen LogP contribution in [0.3, 0.4) is 0 Å². The molecule has 5 nitrogen and oxygen atoms in total. The van der Waals surface area contributed by atoms with Crippen LogP contribution >= 0.6 is 0 Å². The zero-order valence-electron chi connectivity index (χ0n) is 12.3. The van der Waals surface area contributed by atoms with E-state index in [-0.39, 0.29) is 0 Å². The predicted octanol–water partition coefficient (Wildman–Crippen LogP) is 2.83. The van der Waals surface area contributed by atoms with E-state index in [1.54, 1.807) is 13.2 Å². The molecule has 1 unspecified atom stereocenters. The van der Waals surface area contributed by atoms with Gasteiger partial charge in [0, 0.05) is 19.7 Å². The fraction of sp³-hybridized carbons (Fsp3) is 0.714. The van der Waals surface area contributed by atoms with E-state index < -0.39 is 0 Å². The van der Waals surface area contributed by atoms with Crippen LogP contribution in [-0.4, -0.2) is 23.6 Å². The zero-order chi connectivity index (χ0) is 14.1. The molecule has 0 saturated carbocycles. The van der Waals surface area contributed by atoms with Crippen molar-refractivity contribution in [3.8, 4) is 0 Å². The first-order valence-corrected chi connectivity index (χ1v) is 7.05. The number of methoxy groups -OCH3 is 1. The van der Waals surface area contributed by atoms with Gasteiger partial charge in [-0.05, 0) is 12.3 Å². The molecule has 0 aromatic carbocycles. The normalized spacial score (nSPS) is 12.4. The van der Waals surface area contributed by atoms with Gasteiger partial charge in [-0.15, -0.1) is 0 Å². The summed E-state index contributed by atoms with van der Waals surface area (Å²) < 4.78 is 5.03. The van der Waals surface area contributed by atoms with Crippen molar-refractivity contribution in [1.82, 2.24) is 9.97 Å². The van der Waals surface area contributed by atoms with E-state index in [1.807, 2.05) is 0 Å². The molecule has 0 aliphatic heterocycles. The lowest BCUT2D eigenvalue weighted by molar-refractivity contribution is 0.178. The quantitative estimate of drug-likeness (QED) is 0.719. The molecule has 1 rings (SSSR count). The summed E-state index contributed by atoms with van der Waals surface area (Å²) in [5, 5.41) is 3.36. The van der Waals surface area contributed by atoms with Crippen molar-refractivity contribution in [3.05, 3.63) is 11.9 Å². The number of rotatable bonds is 9. The van der Waals surface area contributed by atoms with E-state index >= 15 is 0 Å². The van der Waals surface area contributed by atoms with Crippen molar-refractivity contribution in [3.63, 3.8) is 0 Å². The number of hydrogen-bond acceptors (Lipinski definition) is 5. The van der Waals surface area contributed by atoms with E-state index in [2.05, 4.69) is 29.1 Å². The molecular formula is C14H26N4O. The minimum Gasteiger partial charge on any atom is -0.384 e. The van der Waals surface area contributed by atoms with Crippen LogP contribution in [0.1, 0.15) is 45.4 Å². The molecule has 1 aromatic heterocycles. The van der Waals surface area contributed by atoms with Crippen LogP contribution in [0.4, 0.5) is 11.6 Å². The minimum atomic E-state index is 0.382. The minimum absolute atomic E-state index is 0.382. The summed E-state index contributed by atoms with van der Waals surface area (Å²) in [5.74, 6) is 2.56. The smallest absolute Gasteiger partial charge is 0.158 e. The predicted molar refractivity (Wildman–Crippen MR) is 79.0 cm³/mol. The number of aromatic nitrogens is 2.